The summed E-state index contributed by atoms with van der Waals surface area (Å²) in [5.41, 5.74) is 1.31. The van der Waals surface area contributed by atoms with Crippen molar-refractivity contribution in [2.24, 2.45) is 0 Å². The molecule has 0 radical (unpaired) electrons. The zero-order valence-corrected chi connectivity index (χ0v) is 14.3. The van der Waals surface area contributed by atoms with Crippen molar-refractivity contribution in [1.29, 1.82) is 0 Å². The monoisotopic (exact) mass is 343 g/mol. The van der Waals surface area contributed by atoms with Crippen LogP contribution in [0.25, 0.3) is 0 Å². The summed E-state index contributed by atoms with van der Waals surface area (Å²) < 4.78 is 29.9. The number of thiocarbonyl (C=S) groups is 1. The lowest BCUT2D eigenvalue weighted by atomic mass is 10.2. The third kappa shape index (κ3) is 4.82. The molecule has 1 fully saturated rings. The number of hydrogen-bond donors (Lipinski definition) is 2. The molecule has 1 aromatic rings. The van der Waals surface area contributed by atoms with E-state index in [1.165, 1.54) is 17.6 Å². The third-order valence-electron chi connectivity index (χ3n) is 3.48. The van der Waals surface area contributed by atoms with Crippen LogP contribution in [0, 0.1) is 0 Å². The predicted octanol–water partition coefficient (Wildman–Crippen LogP) is 1.55. The Labute approximate surface area is 136 Å². The van der Waals surface area contributed by atoms with E-state index in [-0.39, 0.29) is 6.10 Å². The van der Waals surface area contributed by atoms with E-state index in [1.54, 1.807) is 18.2 Å². The molecule has 2 rings (SSSR count). The zero-order chi connectivity index (χ0) is 16.2. The van der Waals surface area contributed by atoms with Crippen molar-refractivity contribution >= 4 is 38.7 Å². The molecule has 0 saturated carbocycles. The third-order valence-corrected chi connectivity index (χ3v) is 4.93. The highest BCUT2D eigenvalue weighted by molar-refractivity contribution is 7.92. The van der Waals surface area contributed by atoms with Crippen LogP contribution in [0.2, 0.25) is 0 Å². The van der Waals surface area contributed by atoms with Gasteiger partial charge in [-0.1, -0.05) is 6.07 Å². The van der Waals surface area contributed by atoms with Gasteiger partial charge in [0.15, 0.2) is 5.11 Å². The van der Waals surface area contributed by atoms with Gasteiger partial charge in [0.05, 0.1) is 18.0 Å². The van der Waals surface area contributed by atoms with Gasteiger partial charge in [0.2, 0.25) is 10.0 Å². The molecule has 2 N–H and O–H groups in total. The summed E-state index contributed by atoms with van der Waals surface area (Å²) in [7, 11) is -1.77. The Morgan fingerprint density at radius 1 is 1.50 bits per heavy atom. The Morgan fingerprint density at radius 3 is 2.91 bits per heavy atom. The lowest BCUT2D eigenvalue weighted by Crippen LogP contribution is -2.34. The van der Waals surface area contributed by atoms with Crippen molar-refractivity contribution < 1.29 is 13.2 Å². The molecule has 1 atom stereocenters. The van der Waals surface area contributed by atoms with Crippen LogP contribution >= 0.6 is 12.2 Å². The van der Waals surface area contributed by atoms with Crippen LogP contribution in [0.4, 0.5) is 11.4 Å². The van der Waals surface area contributed by atoms with Crippen molar-refractivity contribution in [2.75, 3.05) is 36.1 Å². The molecule has 0 aromatic heterocycles. The normalized spacial score (nSPS) is 18.0. The second kappa shape index (κ2) is 7.26. The molecule has 22 heavy (non-hydrogen) atoms. The molecular weight excluding hydrogens is 322 g/mol. The molecular formula is C14H21N3O3S2. The maximum absolute atomic E-state index is 11.6. The summed E-state index contributed by atoms with van der Waals surface area (Å²) in [6, 6.07) is 7.08. The maximum Gasteiger partial charge on any atom is 0.231 e. The Morgan fingerprint density at radius 2 is 2.27 bits per heavy atom. The Hall–Kier alpha value is -1.38. The number of sulfonamides is 1. The van der Waals surface area contributed by atoms with Crippen LogP contribution in [0.5, 0.6) is 0 Å². The van der Waals surface area contributed by atoms with Gasteiger partial charge in [-0.3, -0.25) is 4.31 Å². The first kappa shape index (κ1) is 17.0. The van der Waals surface area contributed by atoms with E-state index in [9.17, 15) is 8.42 Å². The van der Waals surface area contributed by atoms with Gasteiger partial charge in [-0.05, 0) is 43.3 Å². The quantitative estimate of drug-likeness (QED) is 0.791. The number of nitrogens with zero attached hydrogens (tertiary/aromatic N) is 1. The van der Waals surface area contributed by atoms with Crippen molar-refractivity contribution in [2.45, 2.75) is 18.9 Å². The Bertz CT molecular complexity index is 628. The van der Waals surface area contributed by atoms with Crippen molar-refractivity contribution in [3.05, 3.63) is 24.3 Å². The molecule has 122 valence electrons. The van der Waals surface area contributed by atoms with E-state index >= 15 is 0 Å². The number of benzene rings is 1. The maximum atomic E-state index is 11.6. The van der Waals surface area contributed by atoms with Gasteiger partial charge in [0.1, 0.15) is 0 Å². The summed E-state index contributed by atoms with van der Waals surface area (Å²) in [4.78, 5) is 0. The molecule has 0 spiro atoms. The topological polar surface area (TPSA) is 70.7 Å². The number of hydrogen-bond acceptors (Lipinski definition) is 4. The molecule has 0 unspecified atom stereocenters. The first-order chi connectivity index (χ1) is 10.4. The molecule has 0 bridgehead atoms. The molecule has 6 nitrogen and oxygen atoms in total. The first-order valence-corrected chi connectivity index (χ1v) is 9.32. The molecule has 1 aliphatic rings. The smallest absolute Gasteiger partial charge is 0.231 e. The predicted molar refractivity (Wildman–Crippen MR) is 92.9 cm³/mol. The van der Waals surface area contributed by atoms with Crippen LogP contribution < -0.4 is 14.9 Å². The van der Waals surface area contributed by atoms with Crippen molar-refractivity contribution in [1.82, 2.24) is 5.32 Å². The number of ether oxygens (including phenoxy) is 1. The first-order valence-electron chi connectivity index (χ1n) is 7.06. The van der Waals surface area contributed by atoms with Gasteiger partial charge >= 0.3 is 0 Å². The summed E-state index contributed by atoms with van der Waals surface area (Å²) in [6.45, 7) is 1.49. The van der Waals surface area contributed by atoms with Gasteiger partial charge in [-0.2, -0.15) is 0 Å². The fourth-order valence-corrected chi connectivity index (χ4v) is 2.86. The van der Waals surface area contributed by atoms with Crippen molar-refractivity contribution in [3.8, 4) is 0 Å². The fraction of sp³-hybridized carbons (Fsp3) is 0.500. The molecule has 8 heteroatoms. The largest absolute Gasteiger partial charge is 0.376 e. The molecule has 1 saturated heterocycles. The molecule has 0 aliphatic carbocycles. The van der Waals surface area contributed by atoms with Gasteiger partial charge < -0.3 is 15.4 Å². The highest BCUT2D eigenvalue weighted by Gasteiger charge is 2.15. The highest BCUT2D eigenvalue weighted by atomic mass is 32.2. The lowest BCUT2D eigenvalue weighted by molar-refractivity contribution is 0.114. The van der Waals surface area contributed by atoms with E-state index < -0.39 is 10.0 Å². The molecule has 1 aromatic carbocycles. The summed E-state index contributed by atoms with van der Waals surface area (Å²) in [6.07, 6.45) is 3.51. The Balaban J connectivity index is 1.93. The minimum absolute atomic E-state index is 0.211. The summed E-state index contributed by atoms with van der Waals surface area (Å²) >= 11 is 5.24. The second-order valence-corrected chi connectivity index (χ2v) is 7.67. The highest BCUT2D eigenvalue weighted by Crippen LogP contribution is 2.20. The molecule has 1 heterocycles. The van der Waals surface area contributed by atoms with Gasteiger partial charge in [-0.15, -0.1) is 0 Å². The van der Waals surface area contributed by atoms with E-state index in [1.807, 2.05) is 6.07 Å². The van der Waals surface area contributed by atoms with Gasteiger partial charge in [-0.25, -0.2) is 8.42 Å². The SMILES string of the molecule is CN(c1cccc(NC(=S)NC[C@@H]2CCCO2)c1)S(C)(=O)=O. The molecule has 1 aliphatic heterocycles. The Kier molecular flexibility index (Phi) is 5.60. The van der Waals surface area contributed by atoms with Crippen LogP contribution in [-0.2, 0) is 14.8 Å². The van der Waals surface area contributed by atoms with Crippen LogP contribution in [-0.4, -0.2) is 46.1 Å². The lowest BCUT2D eigenvalue weighted by Gasteiger charge is -2.18. The summed E-state index contributed by atoms with van der Waals surface area (Å²) in [5.74, 6) is 0. The summed E-state index contributed by atoms with van der Waals surface area (Å²) in [5, 5.41) is 6.67. The van der Waals surface area contributed by atoms with Crippen LogP contribution in [0.3, 0.4) is 0 Å². The number of anilines is 2. The standard InChI is InChI=1S/C14H21N3O3S2/c1-17(22(2,18)19)12-6-3-5-11(9-12)16-14(21)15-10-13-7-4-8-20-13/h3,5-6,9,13H,4,7-8,10H2,1-2H3,(H2,15,16,21)/t13-/m0/s1. The number of nitrogens with one attached hydrogen (secondary N) is 2. The van der Waals surface area contributed by atoms with E-state index in [4.69, 9.17) is 17.0 Å². The second-order valence-electron chi connectivity index (χ2n) is 5.25. The average Bonchev–Trinajstić information content (AvgIpc) is 2.97. The average molecular weight is 343 g/mol. The fourth-order valence-electron chi connectivity index (χ4n) is 2.16. The molecule has 0 amide bonds. The zero-order valence-electron chi connectivity index (χ0n) is 12.7. The van der Waals surface area contributed by atoms with Crippen LogP contribution in [0.15, 0.2) is 24.3 Å². The van der Waals surface area contributed by atoms with Crippen molar-refractivity contribution in [3.63, 3.8) is 0 Å². The van der Waals surface area contributed by atoms with Crippen LogP contribution in [0.1, 0.15) is 12.8 Å². The van der Waals surface area contributed by atoms with E-state index in [0.29, 0.717) is 17.3 Å². The van der Waals surface area contributed by atoms with Gasteiger partial charge in [0, 0.05) is 25.9 Å². The minimum Gasteiger partial charge on any atom is -0.376 e. The van der Waals surface area contributed by atoms with E-state index in [2.05, 4.69) is 10.6 Å². The van der Waals surface area contributed by atoms with Gasteiger partial charge in [0.25, 0.3) is 0 Å². The number of rotatable bonds is 5. The van der Waals surface area contributed by atoms with E-state index in [0.717, 1.165) is 25.1 Å². The minimum atomic E-state index is -3.28.